The van der Waals surface area contributed by atoms with Gasteiger partial charge in [0.1, 0.15) is 0 Å². The van der Waals surface area contributed by atoms with Crippen LogP contribution in [0, 0.1) is 11.5 Å². The topological polar surface area (TPSA) is 52.8 Å². The number of nitrogens with zero attached hydrogens (tertiary/aromatic N) is 4. The van der Waals surface area contributed by atoms with E-state index in [1.54, 1.807) is 13.1 Å². The summed E-state index contributed by atoms with van der Waals surface area (Å²) < 4.78 is 0. The SMILES string of the molecule is CCc1ccc(N(C)C#N)nn1. The van der Waals surface area contributed by atoms with Crippen molar-refractivity contribution in [1.82, 2.24) is 10.2 Å². The molecule has 0 fully saturated rings. The molecule has 0 saturated carbocycles. The van der Waals surface area contributed by atoms with Gasteiger partial charge in [-0.3, -0.25) is 4.90 Å². The van der Waals surface area contributed by atoms with Gasteiger partial charge in [0.2, 0.25) is 0 Å². The van der Waals surface area contributed by atoms with Crippen LogP contribution in [-0.4, -0.2) is 17.2 Å². The molecule has 0 aliphatic carbocycles. The fraction of sp³-hybridized carbons (Fsp3) is 0.375. The summed E-state index contributed by atoms with van der Waals surface area (Å²) in [6.45, 7) is 2.01. The van der Waals surface area contributed by atoms with E-state index in [2.05, 4.69) is 10.2 Å². The number of aromatic nitrogens is 2. The minimum Gasteiger partial charge on any atom is -0.265 e. The predicted molar refractivity (Wildman–Crippen MR) is 45.4 cm³/mol. The van der Waals surface area contributed by atoms with E-state index in [4.69, 9.17) is 5.26 Å². The standard InChI is InChI=1S/C8H10N4/c1-3-7-4-5-8(11-10-7)12(2)6-9/h4-5H,3H2,1-2H3. The maximum absolute atomic E-state index is 8.52. The molecular weight excluding hydrogens is 152 g/mol. The second kappa shape index (κ2) is 3.67. The molecule has 0 amide bonds. The normalized spacial score (nSPS) is 9.08. The average Bonchev–Trinajstić information content (AvgIpc) is 2.17. The van der Waals surface area contributed by atoms with Crippen molar-refractivity contribution in [3.8, 4) is 6.19 Å². The highest BCUT2D eigenvalue weighted by molar-refractivity contribution is 5.40. The summed E-state index contributed by atoms with van der Waals surface area (Å²) in [5, 5.41) is 16.3. The van der Waals surface area contributed by atoms with Crippen LogP contribution < -0.4 is 4.90 Å². The molecule has 0 spiro atoms. The molecule has 1 heterocycles. The van der Waals surface area contributed by atoms with E-state index in [9.17, 15) is 0 Å². The molecule has 1 aromatic rings. The third kappa shape index (κ3) is 1.70. The zero-order chi connectivity index (χ0) is 8.97. The van der Waals surface area contributed by atoms with Crippen molar-refractivity contribution in [2.45, 2.75) is 13.3 Å². The second-order valence-electron chi connectivity index (χ2n) is 2.40. The number of nitriles is 1. The van der Waals surface area contributed by atoms with Crippen LogP contribution in [0.3, 0.4) is 0 Å². The summed E-state index contributed by atoms with van der Waals surface area (Å²) in [4.78, 5) is 1.37. The lowest BCUT2D eigenvalue weighted by Crippen LogP contribution is -2.10. The van der Waals surface area contributed by atoms with Crippen molar-refractivity contribution < 1.29 is 0 Å². The Labute approximate surface area is 71.5 Å². The largest absolute Gasteiger partial charge is 0.265 e. The molecule has 62 valence electrons. The molecule has 0 saturated heterocycles. The molecule has 12 heavy (non-hydrogen) atoms. The van der Waals surface area contributed by atoms with Gasteiger partial charge in [-0.05, 0) is 18.6 Å². The lowest BCUT2D eigenvalue weighted by Gasteiger charge is -2.05. The van der Waals surface area contributed by atoms with Crippen molar-refractivity contribution in [3.05, 3.63) is 17.8 Å². The van der Waals surface area contributed by atoms with Gasteiger partial charge in [0.05, 0.1) is 5.69 Å². The van der Waals surface area contributed by atoms with Gasteiger partial charge >= 0.3 is 0 Å². The van der Waals surface area contributed by atoms with Crippen LogP contribution in [0.1, 0.15) is 12.6 Å². The van der Waals surface area contributed by atoms with E-state index in [0.29, 0.717) is 5.82 Å². The number of anilines is 1. The fourth-order valence-electron chi connectivity index (χ4n) is 0.772. The summed E-state index contributed by atoms with van der Waals surface area (Å²) in [5.41, 5.74) is 0.935. The van der Waals surface area contributed by atoms with E-state index >= 15 is 0 Å². The number of hydrogen-bond acceptors (Lipinski definition) is 4. The van der Waals surface area contributed by atoms with Crippen LogP contribution in [0.25, 0.3) is 0 Å². The van der Waals surface area contributed by atoms with E-state index < -0.39 is 0 Å². The highest BCUT2D eigenvalue weighted by Crippen LogP contribution is 2.05. The molecule has 0 atom stereocenters. The van der Waals surface area contributed by atoms with Crippen LogP contribution in [0.2, 0.25) is 0 Å². The van der Waals surface area contributed by atoms with Gasteiger partial charge in [-0.1, -0.05) is 6.92 Å². The van der Waals surface area contributed by atoms with Gasteiger partial charge in [0.25, 0.3) is 0 Å². The minimum absolute atomic E-state index is 0.578. The third-order valence-electron chi connectivity index (χ3n) is 1.56. The summed E-state index contributed by atoms with van der Waals surface area (Å²) in [6, 6.07) is 3.66. The smallest absolute Gasteiger partial charge is 0.185 e. The maximum atomic E-state index is 8.52. The molecule has 0 unspecified atom stereocenters. The fourth-order valence-corrected chi connectivity index (χ4v) is 0.772. The molecule has 0 N–H and O–H groups in total. The van der Waals surface area contributed by atoms with E-state index in [0.717, 1.165) is 12.1 Å². The molecule has 0 bridgehead atoms. The molecule has 1 rings (SSSR count). The zero-order valence-corrected chi connectivity index (χ0v) is 7.15. The van der Waals surface area contributed by atoms with Crippen LogP contribution in [0.15, 0.2) is 12.1 Å². The first-order chi connectivity index (χ1) is 5.77. The lowest BCUT2D eigenvalue weighted by molar-refractivity contribution is 0.904. The van der Waals surface area contributed by atoms with Gasteiger partial charge in [0, 0.05) is 7.05 Å². The van der Waals surface area contributed by atoms with E-state index in [1.807, 2.05) is 19.2 Å². The Hall–Kier alpha value is -1.63. The second-order valence-corrected chi connectivity index (χ2v) is 2.40. The maximum Gasteiger partial charge on any atom is 0.185 e. The summed E-state index contributed by atoms with van der Waals surface area (Å²) in [6.07, 6.45) is 2.81. The predicted octanol–water partition coefficient (Wildman–Crippen LogP) is 0.956. The Balaban J connectivity index is 2.86. The van der Waals surface area contributed by atoms with Gasteiger partial charge < -0.3 is 0 Å². The molecule has 4 nitrogen and oxygen atoms in total. The van der Waals surface area contributed by atoms with Crippen molar-refractivity contribution in [1.29, 1.82) is 5.26 Å². The molecular formula is C8H10N4. The minimum atomic E-state index is 0.578. The number of hydrogen-bond donors (Lipinski definition) is 0. The van der Waals surface area contributed by atoms with Crippen LogP contribution >= 0.6 is 0 Å². The third-order valence-corrected chi connectivity index (χ3v) is 1.56. The Morgan fingerprint density at radius 2 is 2.25 bits per heavy atom. The highest BCUT2D eigenvalue weighted by Gasteiger charge is 2.00. The zero-order valence-electron chi connectivity index (χ0n) is 7.15. The van der Waals surface area contributed by atoms with Gasteiger partial charge in [-0.15, -0.1) is 5.10 Å². The van der Waals surface area contributed by atoms with Crippen LogP contribution in [0.5, 0.6) is 0 Å². The summed E-state index contributed by atoms with van der Waals surface area (Å²) in [7, 11) is 1.65. The Morgan fingerprint density at radius 1 is 1.50 bits per heavy atom. The van der Waals surface area contributed by atoms with Crippen molar-refractivity contribution in [2.24, 2.45) is 0 Å². The first kappa shape index (κ1) is 8.47. The Kier molecular flexibility index (Phi) is 2.59. The van der Waals surface area contributed by atoms with Crippen molar-refractivity contribution in [3.63, 3.8) is 0 Å². The summed E-state index contributed by atoms with van der Waals surface area (Å²) >= 11 is 0. The van der Waals surface area contributed by atoms with Gasteiger partial charge in [0.15, 0.2) is 12.0 Å². The Morgan fingerprint density at radius 3 is 2.67 bits per heavy atom. The van der Waals surface area contributed by atoms with Crippen molar-refractivity contribution in [2.75, 3.05) is 11.9 Å². The van der Waals surface area contributed by atoms with Gasteiger partial charge in [-0.2, -0.15) is 10.4 Å². The van der Waals surface area contributed by atoms with Crippen LogP contribution in [-0.2, 0) is 6.42 Å². The quantitative estimate of drug-likeness (QED) is 0.480. The van der Waals surface area contributed by atoms with E-state index in [-0.39, 0.29) is 0 Å². The van der Waals surface area contributed by atoms with Crippen LogP contribution in [0.4, 0.5) is 5.82 Å². The molecule has 0 aliphatic heterocycles. The highest BCUT2D eigenvalue weighted by atomic mass is 15.2. The first-order valence-corrected chi connectivity index (χ1v) is 3.74. The number of aryl methyl sites for hydroxylation is 1. The summed E-state index contributed by atoms with van der Waals surface area (Å²) in [5.74, 6) is 0.578. The first-order valence-electron chi connectivity index (χ1n) is 3.74. The molecule has 0 aliphatic rings. The molecule has 0 radical (unpaired) electrons. The lowest BCUT2D eigenvalue weighted by atomic mass is 10.3. The number of rotatable bonds is 2. The average molecular weight is 162 g/mol. The van der Waals surface area contributed by atoms with E-state index in [1.165, 1.54) is 4.90 Å². The van der Waals surface area contributed by atoms with Gasteiger partial charge in [-0.25, -0.2) is 0 Å². The van der Waals surface area contributed by atoms with Crippen molar-refractivity contribution >= 4 is 5.82 Å². The Bertz CT molecular complexity index is 285. The molecule has 0 aromatic carbocycles. The molecule has 4 heteroatoms. The molecule has 1 aromatic heterocycles. The monoisotopic (exact) mass is 162 g/mol.